The van der Waals surface area contributed by atoms with Gasteiger partial charge in [-0.1, -0.05) is 19.9 Å². The Hall–Kier alpha value is -2.69. The van der Waals surface area contributed by atoms with Crippen molar-refractivity contribution in [3.8, 4) is 0 Å². The van der Waals surface area contributed by atoms with Crippen LogP contribution in [0.4, 0.5) is 5.69 Å². The highest BCUT2D eigenvalue weighted by molar-refractivity contribution is 6.09. The van der Waals surface area contributed by atoms with Crippen molar-refractivity contribution in [1.82, 2.24) is 14.8 Å². The zero-order valence-corrected chi connectivity index (χ0v) is 14.2. The molecule has 122 valence electrons. The van der Waals surface area contributed by atoms with Gasteiger partial charge in [-0.15, -0.1) is 0 Å². The van der Waals surface area contributed by atoms with Crippen molar-refractivity contribution in [3.63, 3.8) is 0 Å². The molecule has 3 heterocycles. The van der Waals surface area contributed by atoms with E-state index in [1.165, 1.54) is 16.5 Å². The molecule has 0 saturated heterocycles. The summed E-state index contributed by atoms with van der Waals surface area (Å²) in [6, 6.07) is 10.4. The highest BCUT2D eigenvalue weighted by Crippen LogP contribution is 2.25. The third-order valence-corrected chi connectivity index (χ3v) is 4.26. The molecular weight excluding hydrogens is 298 g/mol. The zero-order chi connectivity index (χ0) is 16.7. The van der Waals surface area contributed by atoms with Gasteiger partial charge in [0.15, 0.2) is 5.84 Å². The van der Waals surface area contributed by atoms with E-state index in [0.717, 1.165) is 29.5 Å². The first kappa shape index (κ1) is 14.9. The highest BCUT2D eigenvalue weighted by Gasteiger charge is 2.17. The van der Waals surface area contributed by atoms with Crippen molar-refractivity contribution >= 4 is 22.4 Å². The molecule has 3 aromatic rings. The standard InChI is InChI=1S/C19H21N5/c1-12(2)11-24-17-7-6-15(9-16(17)13(3)23-24)22-19-18-14(10-21-19)5-4-8-20-18/h4-9,12H,10-11H2,1-3H3,(H,21,22). The normalized spacial score (nSPS) is 13.4. The fourth-order valence-corrected chi connectivity index (χ4v) is 3.16. The maximum atomic E-state index is 4.69. The van der Waals surface area contributed by atoms with Crippen LogP contribution in [0, 0.1) is 12.8 Å². The Morgan fingerprint density at radius 3 is 2.96 bits per heavy atom. The number of nitrogens with one attached hydrogen (secondary N) is 1. The smallest absolute Gasteiger partial charge is 0.152 e. The van der Waals surface area contributed by atoms with Crippen molar-refractivity contribution in [1.29, 1.82) is 0 Å². The number of hydrogen-bond donors (Lipinski definition) is 1. The predicted octanol–water partition coefficient (Wildman–Crippen LogP) is 3.77. The van der Waals surface area contributed by atoms with Crippen LogP contribution in [0.25, 0.3) is 10.9 Å². The van der Waals surface area contributed by atoms with Crippen LogP contribution in [-0.4, -0.2) is 20.6 Å². The van der Waals surface area contributed by atoms with Crippen LogP contribution >= 0.6 is 0 Å². The molecule has 24 heavy (non-hydrogen) atoms. The van der Waals surface area contributed by atoms with E-state index in [4.69, 9.17) is 0 Å². The number of fused-ring (bicyclic) bond motifs is 2. The minimum atomic E-state index is 0.570. The Balaban J connectivity index is 1.66. The van der Waals surface area contributed by atoms with Gasteiger partial charge in [0, 0.05) is 29.4 Å². The van der Waals surface area contributed by atoms with E-state index >= 15 is 0 Å². The Morgan fingerprint density at radius 1 is 1.25 bits per heavy atom. The molecule has 0 bridgehead atoms. The van der Waals surface area contributed by atoms with E-state index in [0.29, 0.717) is 12.5 Å². The Labute approximate surface area is 141 Å². The van der Waals surface area contributed by atoms with Gasteiger partial charge in [-0.25, -0.2) is 0 Å². The minimum Gasteiger partial charge on any atom is -0.339 e. The number of rotatable bonds is 3. The molecule has 2 aromatic heterocycles. The minimum absolute atomic E-state index is 0.570. The monoisotopic (exact) mass is 319 g/mol. The van der Waals surface area contributed by atoms with Gasteiger partial charge in [0.05, 0.1) is 17.8 Å². The zero-order valence-electron chi connectivity index (χ0n) is 14.2. The third kappa shape index (κ3) is 2.56. The molecule has 1 aromatic carbocycles. The van der Waals surface area contributed by atoms with Gasteiger partial charge in [0.2, 0.25) is 0 Å². The Bertz CT molecular complexity index is 936. The van der Waals surface area contributed by atoms with Crippen LogP contribution in [0.2, 0.25) is 0 Å². The average molecular weight is 319 g/mol. The quantitative estimate of drug-likeness (QED) is 0.799. The summed E-state index contributed by atoms with van der Waals surface area (Å²) in [4.78, 5) is 9.01. The summed E-state index contributed by atoms with van der Waals surface area (Å²) in [7, 11) is 0. The van der Waals surface area contributed by atoms with Crippen molar-refractivity contribution in [3.05, 3.63) is 53.5 Å². The second kappa shape index (κ2) is 5.74. The van der Waals surface area contributed by atoms with E-state index in [-0.39, 0.29) is 0 Å². The Morgan fingerprint density at radius 2 is 2.12 bits per heavy atom. The summed E-state index contributed by atoms with van der Waals surface area (Å²) in [5.41, 5.74) is 5.37. The van der Waals surface area contributed by atoms with Crippen LogP contribution in [0.5, 0.6) is 0 Å². The van der Waals surface area contributed by atoms with Crippen LogP contribution < -0.4 is 5.32 Å². The molecule has 0 spiro atoms. The van der Waals surface area contributed by atoms with Crippen LogP contribution in [0.3, 0.4) is 0 Å². The summed E-state index contributed by atoms with van der Waals surface area (Å²) >= 11 is 0. The van der Waals surface area contributed by atoms with Crippen LogP contribution in [0.15, 0.2) is 41.5 Å². The molecule has 1 aliphatic heterocycles. The molecule has 4 rings (SSSR count). The van der Waals surface area contributed by atoms with Crippen LogP contribution in [0.1, 0.15) is 30.8 Å². The predicted molar refractivity (Wildman–Crippen MR) is 97.4 cm³/mol. The SMILES string of the molecule is Cc1nn(CC(C)C)c2ccc(NC3=NCc4cccnc43)cc12. The van der Waals surface area contributed by atoms with Gasteiger partial charge in [-0.2, -0.15) is 5.10 Å². The van der Waals surface area contributed by atoms with E-state index in [1.54, 1.807) is 0 Å². The van der Waals surface area contributed by atoms with Crippen molar-refractivity contribution in [2.75, 3.05) is 5.32 Å². The lowest BCUT2D eigenvalue weighted by molar-refractivity contribution is 0.493. The second-order valence-corrected chi connectivity index (χ2v) is 6.69. The molecule has 0 radical (unpaired) electrons. The summed E-state index contributed by atoms with van der Waals surface area (Å²) in [5, 5.41) is 9.28. The molecule has 1 aliphatic rings. The molecule has 0 unspecified atom stereocenters. The maximum Gasteiger partial charge on any atom is 0.152 e. The van der Waals surface area contributed by atoms with E-state index in [2.05, 4.69) is 70.1 Å². The molecule has 0 atom stereocenters. The third-order valence-electron chi connectivity index (χ3n) is 4.26. The molecule has 1 N–H and O–H groups in total. The second-order valence-electron chi connectivity index (χ2n) is 6.69. The summed E-state index contributed by atoms with van der Waals surface area (Å²) < 4.78 is 2.10. The maximum absolute atomic E-state index is 4.69. The number of aromatic nitrogens is 3. The summed E-state index contributed by atoms with van der Waals surface area (Å²) in [6.45, 7) is 8.11. The number of pyridine rings is 1. The van der Waals surface area contributed by atoms with Gasteiger partial charge < -0.3 is 5.32 Å². The van der Waals surface area contributed by atoms with Crippen molar-refractivity contribution in [2.45, 2.75) is 33.9 Å². The fourth-order valence-electron chi connectivity index (χ4n) is 3.16. The van der Waals surface area contributed by atoms with Gasteiger partial charge >= 0.3 is 0 Å². The van der Waals surface area contributed by atoms with Gasteiger partial charge in [0.1, 0.15) is 5.69 Å². The van der Waals surface area contributed by atoms with Crippen LogP contribution in [-0.2, 0) is 13.1 Å². The number of aliphatic imine (C=N–C) groups is 1. The van der Waals surface area contributed by atoms with E-state index < -0.39 is 0 Å². The van der Waals surface area contributed by atoms with E-state index in [9.17, 15) is 0 Å². The number of anilines is 1. The first-order valence-electron chi connectivity index (χ1n) is 8.34. The highest BCUT2D eigenvalue weighted by atomic mass is 15.3. The van der Waals surface area contributed by atoms with Gasteiger partial charge in [-0.05, 0) is 37.1 Å². The summed E-state index contributed by atoms with van der Waals surface area (Å²) in [5.74, 6) is 1.41. The number of nitrogens with zero attached hydrogens (tertiary/aromatic N) is 4. The molecule has 5 heteroatoms. The van der Waals surface area contributed by atoms with Gasteiger partial charge in [-0.3, -0.25) is 14.7 Å². The summed E-state index contributed by atoms with van der Waals surface area (Å²) in [6.07, 6.45) is 1.81. The topological polar surface area (TPSA) is 55.1 Å². The lowest BCUT2D eigenvalue weighted by Gasteiger charge is -2.09. The largest absolute Gasteiger partial charge is 0.339 e. The Kier molecular flexibility index (Phi) is 3.56. The number of hydrogen-bond acceptors (Lipinski definition) is 4. The number of benzene rings is 1. The van der Waals surface area contributed by atoms with Gasteiger partial charge in [0.25, 0.3) is 0 Å². The first-order chi connectivity index (χ1) is 11.6. The van der Waals surface area contributed by atoms with Crippen molar-refractivity contribution in [2.24, 2.45) is 10.9 Å². The molecule has 0 aliphatic carbocycles. The van der Waals surface area contributed by atoms with E-state index in [1.807, 2.05) is 12.3 Å². The molecular formula is C19H21N5. The molecule has 0 saturated carbocycles. The molecule has 0 amide bonds. The lowest BCUT2D eigenvalue weighted by atomic mass is 10.1. The molecule has 5 nitrogen and oxygen atoms in total. The first-order valence-corrected chi connectivity index (χ1v) is 8.34. The molecule has 0 fully saturated rings. The lowest BCUT2D eigenvalue weighted by Crippen LogP contribution is -2.13. The number of amidine groups is 1. The fraction of sp³-hybridized carbons (Fsp3) is 0.316. The number of aryl methyl sites for hydroxylation is 1. The van der Waals surface area contributed by atoms with Crippen molar-refractivity contribution < 1.29 is 0 Å². The average Bonchev–Trinajstić information content (AvgIpc) is 3.09.